The van der Waals surface area contributed by atoms with Crippen molar-refractivity contribution in [3.05, 3.63) is 311 Å². The molecular weight excluding hydrogens is 945 g/mol. The lowest BCUT2D eigenvalue weighted by Crippen LogP contribution is -2.53. The molecule has 76 heavy (non-hydrogen) atoms. The summed E-state index contributed by atoms with van der Waals surface area (Å²) in [5.74, 6) is -2.24. The third-order valence-electron chi connectivity index (χ3n) is 14.6. The number of imidazole rings is 2. The molecule has 1 aliphatic rings. The first-order chi connectivity index (χ1) is 37.3. The largest absolute Gasteiger partial charge is 0.480 e. The van der Waals surface area contributed by atoms with Gasteiger partial charge in [0.05, 0.1) is 24.0 Å². The van der Waals surface area contributed by atoms with E-state index in [4.69, 9.17) is 14.7 Å². The summed E-state index contributed by atoms with van der Waals surface area (Å²) in [4.78, 5) is 52.0. The van der Waals surface area contributed by atoms with Gasteiger partial charge >= 0.3 is 12.1 Å². The maximum atomic E-state index is 14.9. The summed E-state index contributed by atoms with van der Waals surface area (Å²) in [5, 5.41) is 16.5. The lowest BCUT2D eigenvalue weighted by atomic mass is 9.77. The predicted molar refractivity (Wildman–Crippen MR) is 293 cm³/mol. The maximum absolute atomic E-state index is 14.9. The number of rotatable bonds is 18. The van der Waals surface area contributed by atoms with Crippen LogP contribution in [0.2, 0.25) is 0 Å². The highest BCUT2D eigenvalue weighted by Gasteiger charge is 2.41. The van der Waals surface area contributed by atoms with Crippen LogP contribution >= 0.6 is 0 Å². The first kappa shape index (κ1) is 48.6. The topological polar surface area (TPSA) is 140 Å². The fraction of sp³-hybridized carbons (Fsp3) is 0.123. The van der Waals surface area contributed by atoms with Gasteiger partial charge in [-0.15, -0.1) is 0 Å². The van der Waals surface area contributed by atoms with Gasteiger partial charge in [-0.3, -0.25) is 4.79 Å². The van der Waals surface area contributed by atoms with E-state index in [0.717, 1.165) is 55.6 Å². The van der Waals surface area contributed by atoms with E-state index in [1.807, 2.05) is 167 Å². The Kier molecular flexibility index (Phi) is 13.7. The number of amides is 2. The lowest BCUT2D eigenvalue weighted by molar-refractivity contribution is -0.142. The number of carboxylic acid groups (broad SMARTS) is 1. The summed E-state index contributed by atoms with van der Waals surface area (Å²) in [5.41, 5.74) is 9.17. The summed E-state index contributed by atoms with van der Waals surface area (Å²) < 4.78 is 10.0. The number of nitrogens with one attached hydrogen (secondary N) is 2. The molecule has 11 rings (SSSR count). The van der Waals surface area contributed by atoms with Crippen molar-refractivity contribution in [1.82, 2.24) is 29.7 Å². The van der Waals surface area contributed by atoms with E-state index in [9.17, 15) is 19.5 Å². The minimum atomic E-state index is -1.44. The lowest BCUT2D eigenvalue weighted by Gasteiger charge is -2.37. The molecule has 0 radical (unpaired) electrons. The van der Waals surface area contributed by atoms with Gasteiger partial charge in [-0.1, -0.05) is 231 Å². The Labute approximate surface area is 441 Å². The Morgan fingerprint density at radius 1 is 0.461 bits per heavy atom. The van der Waals surface area contributed by atoms with Crippen molar-refractivity contribution >= 4 is 18.0 Å². The molecule has 11 nitrogen and oxygen atoms in total. The van der Waals surface area contributed by atoms with Gasteiger partial charge in [0.15, 0.2) is 0 Å². The van der Waals surface area contributed by atoms with E-state index >= 15 is 0 Å². The van der Waals surface area contributed by atoms with Crippen molar-refractivity contribution in [3.63, 3.8) is 0 Å². The van der Waals surface area contributed by atoms with Crippen molar-refractivity contribution in [2.75, 3.05) is 6.61 Å². The average molecular weight is 999 g/mol. The molecule has 8 aromatic carbocycles. The molecule has 0 spiro atoms. The molecule has 10 aromatic rings. The molecule has 0 saturated heterocycles. The number of hydrogen-bond acceptors (Lipinski definition) is 6. The highest BCUT2D eigenvalue weighted by Crippen LogP contribution is 2.45. The Morgan fingerprint density at radius 2 is 0.789 bits per heavy atom. The zero-order chi connectivity index (χ0) is 51.9. The number of aliphatic carboxylic acids is 1. The number of carbonyl (C=O) groups is 3. The van der Waals surface area contributed by atoms with Crippen molar-refractivity contribution in [2.24, 2.45) is 0 Å². The third kappa shape index (κ3) is 9.23. The number of alkyl carbamates (subject to hydrolysis) is 1. The molecule has 2 aromatic heterocycles. The molecule has 374 valence electrons. The molecule has 11 heteroatoms. The van der Waals surface area contributed by atoms with Crippen LogP contribution in [0.5, 0.6) is 0 Å². The summed E-state index contributed by atoms with van der Waals surface area (Å²) in [6.07, 6.45) is 6.06. The summed E-state index contributed by atoms with van der Waals surface area (Å²) >= 11 is 0. The van der Waals surface area contributed by atoms with Gasteiger partial charge in [0.2, 0.25) is 5.91 Å². The number of ether oxygens (including phenoxy) is 1. The Bertz CT molecular complexity index is 3350. The molecular formula is C65H54N6O5. The highest BCUT2D eigenvalue weighted by atomic mass is 16.5. The normalized spacial score (nSPS) is 12.9. The molecule has 0 saturated carbocycles. The van der Waals surface area contributed by atoms with Crippen LogP contribution in [0.1, 0.15) is 61.8 Å². The monoisotopic (exact) mass is 998 g/mol. The fourth-order valence-electron chi connectivity index (χ4n) is 11.2. The Morgan fingerprint density at radius 3 is 1.14 bits per heavy atom. The molecule has 1 aliphatic carbocycles. The van der Waals surface area contributed by atoms with E-state index < -0.39 is 41.1 Å². The standard InChI is InChI=1S/C65H54N6O5/c72-61(68-60(62(73)74)40-53-42-71(45-67-53)65(49-29-13-4-14-30-49,50-31-15-5-16-32-50)51-33-17-6-18-34-51)59(69-63(75)76-43-58-56-37-21-19-35-54(56)55-36-20-22-38-57(55)58)39-52-41-70(44-66-52)64(46-23-7-1-8-24-46,47-25-9-2-10-26-47)48-27-11-3-12-28-48/h1-38,41-42,44-45,58-60H,39-40,43H2,(H,68,72)(H,69,75)(H,73,74)/t59-,60-/m0/s1. The van der Waals surface area contributed by atoms with Crippen LogP contribution in [0.4, 0.5) is 4.79 Å². The first-order valence-electron chi connectivity index (χ1n) is 25.4. The van der Waals surface area contributed by atoms with Crippen molar-refractivity contribution in [2.45, 2.75) is 41.9 Å². The van der Waals surface area contributed by atoms with Gasteiger partial charge in [-0.25, -0.2) is 19.6 Å². The number of hydrogen-bond donors (Lipinski definition) is 3. The second-order valence-electron chi connectivity index (χ2n) is 19.0. The van der Waals surface area contributed by atoms with Crippen LogP contribution in [0.25, 0.3) is 11.1 Å². The smallest absolute Gasteiger partial charge is 0.407 e. The summed E-state index contributed by atoms with van der Waals surface area (Å²) in [7, 11) is 0. The number of nitrogens with zero attached hydrogens (tertiary/aromatic N) is 4. The zero-order valence-electron chi connectivity index (χ0n) is 41.5. The van der Waals surface area contributed by atoms with Crippen LogP contribution in [0.15, 0.2) is 256 Å². The van der Waals surface area contributed by atoms with Gasteiger partial charge in [0.25, 0.3) is 0 Å². The van der Waals surface area contributed by atoms with Crippen molar-refractivity contribution in [1.29, 1.82) is 0 Å². The van der Waals surface area contributed by atoms with Gasteiger partial charge in [0, 0.05) is 31.2 Å². The summed E-state index contributed by atoms with van der Waals surface area (Å²) in [6.45, 7) is 0.00736. The quantitative estimate of drug-likeness (QED) is 0.0727. The van der Waals surface area contributed by atoms with E-state index in [1.54, 1.807) is 12.7 Å². The van der Waals surface area contributed by atoms with Crippen LogP contribution in [-0.2, 0) is 38.2 Å². The number of fused-ring (bicyclic) bond motifs is 3. The average Bonchev–Trinajstić information content (AvgIpc) is 4.23. The molecule has 2 amide bonds. The molecule has 2 heterocycles. The predicted octanol–water partition coefficient (Wildman–Crippen LogP) is 11.0. The van der Waals surface area contributed by atoms with Crippen LogP contribution in [0, 0.1) is 0 Å². The van der Waals surface area contributed by atoms with E-state index in [1.165, 1.54) is 0 Å². The van der Waals surface area contributed by atoms with Crippen LogP contribution in [0.3, 0.4) is 0 Å². The number of carboxylic acids is 1. The molecule has 0 fully saturated rings. The maximum Gasteiger partial charge on any atom is 0.407 e. The fourth-order valence-corrected chi connectivity index (χ4v) is 11.2. The van der Waals surface area contributed by atoms with Gasteiger partial charge < -0.3 is 29.6 Å². The van der Waals surface area contributed by atoms with Crippen molar-refractivity contribution < 1.29 is 24.2 Å². The van der Waals surface area contributed by atoms with Gasteiger partial charge in [-0.05, 0) is 55.6 Å². The highest BCUT2D eigenvalue weighted by molar-refractivity contribution is 5.89. The minimum absolute atomic E-state index is 0.00736. The molecule has 2 atom stereocenters. The second kappa shape index (κ2) is 21.5. The zero-order valence-corrected chi connectivity index (χ0v) is 41.5. The molecule has 3 N–H and O–H groups in total. The second-order valence-corrected chi connectivity index (χ2v) is 19.0. The Hall–Kier alpha value is -9.61. The number of carbonyl (C=O) groups excluding carboxylic acids is 2. The van der Waals surface area contributed by atoms with E-state index in [0.29, 0.717) is 11.4 Å². The number of aromatic nitrogens is 4. The SMILES string of the molecule is O=C(N[C@@H](Cc1cn(C(c2ccccc2)(c2ccccc2)c2ccccc2)cn1)C(=O)N[C@@H](Cc1cn(C(c2ccccc2)(c2ccccc2)c2ccccc2)cn1)C(=O)O)OCC1c2ccccc2-c2ccccc21. The van der Waals surface area contributed by atoms with Gasteiger partial charge in [-0.2, -0.15) is 0 Å². The van der Waals surface area contributed by atoms with Crippen LogP contribution in [-0.4, -0.2) is 60.9 Å². The summed E-state index contributed by atoms with van der Waals surface area (Å²) in [6, 6.07) is 74.0. The molecule has 0 bridgehead atoms. The third-order valence-corrected chi connectivity index (χ3v) is 14.6. The van der Waals surface area contributed by atoms with E-state index in [2.05, 4.69) is 95.6 Å². The van der Waals surface area contributed by atoms with E-state index in [-0.39, 0.29) is 25.4 Å². The van der Waals surface area contributed by atoms with Gasteiger partial charge in [0.1, 0.15) is 29.8 Å². The van der Waals surface area contributed by atoms with Crippen LogP contribution < -0.4 is 10.6 Å². The number of benzene rings is 8. The van der Waals surface area contributed by atoms with Crippen molar-refractivity contribution in [3.8, 4) is 11.1 Å². The molecule has 0 unspecified atom stereocenters. The molecule has 0 aliphatic heterocycles. The first-order valence-corrected chi connectivity index (χ1v) is 25.4. The Balaban J connectivity index is 0.919. The minimum Gasteiger partial charge on any atom is -0.480 e.